The summed E-state index contributed by atoms with van der Waals surface area (Å²) in [6.07, 6.45) is 7.81. The van der Waals surface area contributed by atoms with Gasteiger partial charge in [-0.25, -0.2) is 24.3 Å². The number of hydrogen-bond acceptors (Lipinski definition) is 9. The SMILES string of the molecule is CC1CCC(Cn2c(N3CCOC[C@H]3c3ccc(F)cc3)nc3nc(-c4n[nH]c(=O)o4)nc(-c4cncc(Cl)c4)c32)CC1. The van der Waals surface area contributed by atoms with Crippen LogP contribution in [-0.4, -0.2) is 54.5 Å². The number of morpholine rings is 1. The molecule has 1 saturated heterocycles. The van der Waals surface area contributed by atoms with Crippen LogP contribution in [0.5, 0.6) is 0 Å². The minimum absolute atomic E-state index is 0.0453. The van der Waals surface area contributed by atoms with E-state index >= 15 is 0 Å². The first-order chi connectivity index (χ1) is 20.9. The van der Waals surface area contributed by atoms with Gasteiger partial charge in [0.25, 0.3) is 5.89 Å². The van der Waals surface area contributed by atoms with E-state index in [1.54, 1.807) is 30.6 Å². The highest BCUT2D eigenvalue weighted by Crippen LogP contribution is 2.38. The number of anilines is 1. The molecule has 1 aliphatic heterocycles. The zero-order chi connectivity index (χ0) is 29.5. The first-order valence-electron chi connectivity index (χ1n) is 14.5. The molecule has 11 nitrogen and oxygen atoms in total. The molecule has 0 radical (unpaired) electrons. The van der Waals surface area contributed by atoms with Crippen molar-refractivity contribution in [1.82, 2.24) is 34.7 Å². The Morgan fingerprint density at radius 1 is 1.09 bits per heavy atom. The van der Waals surface area contributed by atoms with Crippen LogP contribution in [0.3, 0.4) is 0 Å². The lowest BCUT2D eigenvalue weighted by molar-refractivity contribution is 0.0927. The number of hydrogen-bond donors (Lipinski definition) is 1. The van der Waals surface area contributed by atoms with Gasteiger partial charge in [-0.05, 0) is 48.4 Å². The summed E-state index contributed by atoms with van der Waals surface area (Å²) in [5.41, 5.74) is 3.30. The summed E-state index contributed by atoms with van der Waals surface area (Å²) in [7, 11) is 0. The maximum absolute atomic E-state index is 13.9. The van der Waals surface area contributed by atoms with Gasteiger partial charge < -0.3 is 18.6 Å². The summed E-state index contributed by atoms with van der Waals surface area (Å²) in [4.78, 5) is 33.0. The Hall–Kier alpha value is -4.16. The zero-order valence-corrected chi connectivity index (χ0v) is 24.3. The first kappa shape index (κ1) is 27.7. The first-order valence-corrected chi connectivity index (χ1v) is 14.9. The van der Waals surface area contributed by atoms with E-state index < -0.39 is 5.76 Å². The Kier molecular flexibility index (Phi) is 7.39. The normalized spacial score (nSPS) is 21.0. The van der Waals surface area contributed by atoms with Crippen LogP contribution in [0.15, 0.2) is 51.9 Å². The highest BCUT2D eigenvalue weighted by Gasteiger charge is 2.32. The van der Waals surface area contributed by atoms with Gasteiger partial charge in [0.2, 0.25) is 11.8 Å². The van der Waals surface area contributed by atoms with E-state index in [0.29, 0.717) is 60.1 Å². The van der Waals surface area contributed by atoms with Gasteiger partial charge in [0, 0.05) is 31.0 Å². The summed E-state index contributed by atoms with van der Waals surface area (Å²) in [6, 6.07) is 8.11. The number of H-pyrrole nitrogens is 1. The van der Waals surface area contributed by atoms with Crippen molar-refractivity contribution in [2.75, 3.05) is 24.7 Å². The zero-order valence-electron chi connectivity index (χ0n) is 23.5. The third kappa shape index (κ3) is 5.52. The Balaban J connectivity index is 1.45. The van der Waals surface area contributed by atoms with Gasteiger partial charge in [-0.2, -0.15) is 4.98 Å². The van der Waals surface area contributed by atoms with Crippen LogP contribution < -0.4 is 10.7 Å². The summed E-state index contributed by atoms with van der Waals surface area (Å²) in [5, 5.41) is 6.69. The monoisotopic (exact) mass is 604 g/mol. The topological polar surface area (TPSA) is 128 Å². The molecule has 2 aliphatic rings. The lowest BCUT2D eigenvalue weighted by Crippen LogP contribution is -2.41. The second kappa shape index (κ2) is 11.5. The Morgan fingerprint density at radius 2 is 1.91 bits per heavy atom. The molecule has 2 fully saturated rings. The molecule has 0 amide bonds. The number of fused-ring (bicyclic) bond motifs is 1. The molecule has 5 heterocycles. The largest absolute Gasteiger partial charge is 0.434 e. The number of imidazole rings is 1. The van der Waals surface area contributed by atoms with Crippen molar-refractivity contribution in [3.8, 4) is 23.0 Å². The molecule has 0 unspecified atom stereocenters. The van der Waals surface area contributed by atoms with Gasteiger partial charge in [0.05, 0.1) is 24.3 Å². The van der Waals surface area contributed by atoms with E-state index in [0.717, 1.165) is 29.9 Å². The minimum Gasteiger partial charge on any atom is -0.384 e. The Morgan fingerprint density at radius 3 is 2.65 bits per heavy atom. The van der Waals surface area contributed by atoms with Crippen LogP contribution in [0, 0.1) is 17.7 Å². The average molecular weight is 605 g/mol. The second-order valence-corrected chi connectivity index (χ2v) is 11.8. The van der Waals surface area contributed by atoms with E-state index in [9.17, 15) is 9.18 Å². The maximum Gasteiger partial charge on any atom is 0.434 e. The Labute approximate surface area is 251 Å². The minimum atomic E-state index is -0.710. The Bertz CT molecular complexity index is 1810. The summed E-state index contributed by atoms with van der Waals surface area (Å²) >= 11 is 6.39. The van der Waals surface area contributed by atoms with Crippen LogP contribution >= 0.6 is 11.6 Å². The van der Waals surface area contributed by atoms with E-state index in [1.165, 1.54) is 25.0 Å². The molecular weight excluding hydrogens is 575 g/mol. The number of aromatic amines is 1. The fraction of sp³-hybridized carbons (Fsp3) is 0.400. The predicted molar refractivity (Wildman–Crippen MR) is 158 cm³/mol. The average Bonchev–Trinajstić information content (AvgIpc) is 3.62. The number of pyridine rings is 1. The van der Waals surface area contributed by atoms with E-state index in [-0.39, 0.29) is 23.6 Å². The molecule has 1 saturated carbocycles. The van der Waals surface area contributed by atoms with Crippen LogP contribution in [0.4, 0.5) is 10.3 Å². The molecule has 222 valence electrons. The smallest absolute Gasteiger partial charge is 0.384 e. The molecule has 43 heavy (non-hydrogen) atoms. The van der Waals surface area contributed by atoms with Gasteiger partial charge in [0.15, 0.2) is 5.65 Å². The second-order valence-electron chi connectivity index (χ2n) is 11.4. The molecule has 1 atom stereocenters. The lowest BCUT2D eigenvalue weighted by atomic mass is 9.83. The molecule has 0 spiro atoms. The van der Waals surface area contributed by atoms with Crippen LogP contribution in [0.1, 0.15) is 44.2 Å². The van der Waals surface area contributed by atoms with Crippen molar-refractivity contribution in [1.29, 1.82) is 0 Å². The summed E-state index contributed by atoms with van der Waals surface area (Å²) in [5.74, 6) is 0.928. The molecular formula is C30H30ClFN8O3. The number of aromatic nitrogens is 7. The van der Waals surface area contributed by atoms with Gasteiger partial charge in [0.1, 0.15) is 17.0 Å². The number of nitrogens with zero attached hydrogens (tertiary/aromatic N) is 7. The number of benzene rings is 1. The maximum atomic E-state index is 13.9. The van der Waals surface area contributed by atoms with Gasteiger partial charge >= 0.3 is 5.76 Å². The third-order valence-electron chi connectivity index (χ3n) is 8.41. The number of rotatable bonds is 6. The molecule has 1 aromatic carbocycles. The molecule has 5 aromatic rings. The molecule has 1 aliphatic carbocycles. The fourth-order valence-electron chi connectivity index (χ4n) is 6.15. The number of nitrogens with one attached hydrogen (secondary N) is 1. The van der Waals surface area contributed by atoms with Gasteiger partial charge in [-0.1, -0.05) is 43.5 Å². The van der Waals surface area contributed by atoms with Crippen molar-refractivity contribution < 1.29 is 13.5 Å². The summed E-state index contributed by atoms with van der Waals surface area (Å²) < 4.78 is 27.2. The van der Waals surface area contributed by atoms with Gasteiger partial charge in [-0.15, -0.1) is 5.10 Å². The van der Waals surface area contributed by atoms with E-state index in [2.05, 4.69) is 31.6 Å². The van der Waals surface area contributed by atoms with E-state index in [1.807, 2.05) is 0 Å². The van der Waals surface area contributed by atoms with Crippen LogP contribution in [0.25, 0.3) is 34.1 Å². The van der Waals surface area contributed by atoms with Crippen molar-refractivity contribution in [3.05, 3.63) is 69.7 Å². The van der Waals surface area contributed by atoms with E-state index in [4.69, 9.17) is 35.7 Å². The van der Waals surface area contributed by atoms with Gasteiger partial charge in [-0.3, -0.25) is 4.98 Å². The third-order valence-corrected chi connectivity index (χ3v) is 8.61. The molecule has 4 aromatic heterocycles. The summed E-state index contributed by atoms with van der Waals surface area (Å²) in [6.45, 7) is 4.55. The fourth-order valence-corrected chi connectivity index (χ4v) is 6.33. The lowest BCUT2D eigenvalue weighted by Gasteiger charge is -2.37. The predicted octanol–water partition coefficient (Wildman–Crippen LogP) is 5.43. The molecule has 1 N–H and O–H groups in total. The van der Waals surface area contributed by atoms with Crippen LogP contribution in [-0.2, 0) is 11.3 Å². The molecule has 0 bridgehead atoms. The van der Waals surface area contributed by atoms with Crippen molar-refractivity contribution >= 4 is 28.7 Å². The van der Waals surface area contributed by atoms with Crippen molar-refractivity contribution in [2.24, 2.45) is 11.8 Å². The van der Waals surface area contributed by atoms with Crippen molar-refractivity contribution in [2.45, 2.75) is 45.2 Å². The highest BCUT2D eigenvalue weighted by atomic mass is 35.5. The molecule has 13 heteroatoms. The number of halogens is 2. The standard InChI is InChI=1S/C30H30ClFN8O3/c1-17-2-4-18(5-3-17)15-40-25-24(20-12-21(31)14-33-13-20)34-27(28-37-38-30(41)43-28)35-26(25)36-29(40)39-10-11-42-16-23(39)19-6-8-22(32)9-7-19/h6-9,12-14,17-18,23H,2-5,10-11,15-16H2,1H3,(H,38,41)/t17?,18?,23-/m0/s1. The highest BCUT2D eigenvalue weighted by molar-refractivity contribution is 6.30. The quantitative estimate of drug-likeness (QED) is 0.270. The van der Waals surface area contributed by atoms with Crippen molar-refractivity contribution in [3.63, 3.8) is 0 Å². The number of ether oxygens (including phenoxy) is 1. The van der Waals surface area contributed by atoms with Crippen LogP contribution in [0.2, 0.25) is 5.02 Å². The molecule has 7 rings (SSSR count).